The first-order valence-corrected chi connectivity index (χ1v) is 10.6. The van der Waals surface area contributed by atoms with Crippen molar-refractivity contribution in [1.29, 1.82) is 0 Å². The Bertz CT molecular complexity index is 517. The summed E-state index contributed by atoms with van der Waals surface area (Å²) >= 11 is 0. The number of esters is 1. The van der Waals surface area contributed by atoms with Crippen LogP contribution in [-0.4, -0.2) is 25.8 Å². The van der Waals surface area contributed by atoms with Crippen molar-refractivity contribution in [2.45, 2.75) is 84.2 Å². The number of hydrogen-bond acceptors (Lipinski definition) is 3. The molecule has 7 atom stereocenters. The fourth-order valence-electron chi connectivity index (χ4n) is 7.61. The van der Waals surface area contributed by atoms with Crippen molar-refractivity contribution >= 4 is 5.97 Å². The lowest BCUT2D eigenvalue weighted by molar-refractivity contribution is -0.155. The van der Waals surface area contributed by atoms with Crippen molar-refractivity contribution in [3.8, 4) is 0 Å². The zero-order valence-corrected chi connectivity index (χ0v) is 16.4. The molecule has 4 rings (SSSR count). The lowest BCUT2D eigenvalue weighted by Gasteiger charge is -2.60. The van der Waals surface area contributed by atoms with Gasteiger partial charge in [-0.2, -0.15) is 0 Å². The normalized spacial score (nSPS) is 49.0. The van der Waals surface area contributed by atoms with E-state index in [2.05, 4.69) is 13.8 Å². The Morgan fingerprint density at radius 3 is 2.64 bits per heavy atom. The molecular formula is C22H36O3. The minimum atomic E-state index is -0.246. The van der Waals surface area contributed by atoms with E-state index in [1.807, 2.05) is 0 Å². The molecule has 0 amide bonds. The number of carbonyl (C=O) groups is 1. The highest BCUT2D eigenvalue weighted by molar-refractivity contribution is 5.70. The molecule has 0 unspecified atom stereocenters. The molecule has 0 aromatic carbocycles. The van der Waals surface area contributed by atoms with Crippen molar-refractivity contribution in [2.75, 3.05) is 13.7 Å². The van der Waals surface area contributed by atoms with Gasteiger partial charge in [0.15, 0.2) is 0 Å². The summed E-state index contributed by atoms with van der Waals surface area (Å²) in [5.74, 6) is 3.46. The summed E-state index contributed by atoms with van der Waals surface area (Å²) in [5, 5.41) is 0. The summed E-state index contributed by atoms with van der Waals surface area (Å²) in [6.07, 6.45) is 14.0. The Balaban J connectivity index is 1.44. The molecule has 0 aromatic heterocycles. The zero-order valence-electron chi connectivity index (χ0n) is 16.4. The second kappa shape index (κ2) is 6.55. The van der Waals surface area contributed by atoms with Crippen LogP contribution in [0.5, 0.6) is 0 Å². The van der Waals surface area contributed by atoms with Crippen LogP contribution in [0.25, 0.3) is 0 Å². The quantitative estimate of drug-likeness (QED) is 0.675. The van der Waals surface area contributed by atoms with Crippen LogP contribution in [0.4, 0.5) is 0 Å². The van der Waals surface area contributed by atoms with Crippen LogP contribution in [-0.2, 0) is 14.3 Å². The van der Waals surface area contributed by atoms with Gasteiger partial charge in [0.1, 0.15) is 6.61 Å². The number of methoxy groups -OCH3 is 1. The van der Waals surface area contributed by atoms with Crippen LogP contribution in [0, 0.1) is 34.5 Å². The van der Waals surface area contributed by atoms with Gasteiger partial charge in [0.2, 0.25) is 0 Å². The molecular weight excluding hydrogens is 312 g/mol. The minimum Gasteiger partial charge on any atom is -0.467 e. The predicted octanol–water partition coefficient (Wildman–Crippen LogP) is 4.98. The SMILES string of the molecule is COC(=O)CO[C@@H]1CC[C@@]2(C)[C@@H](CC[C@H]3[C@@H]4CCC[C@@]4(C)CC[C@@H]32)C1. The molecule has 4 fully saturated rings. The van der Waals surface area contributed by atoms with Gasteiger partial charge in [0.25, 0.3) is 0 Å². The largest absolute Gasteiger partial charge is 0.467 e. The molecule has 4 aliphatic rings. The van der Waals surface area contributed by atoms with E-state index >= 15 is 0 Å². The van der Waals surface area contributed by atoms with E-state index in [0.717, 1.165) is 36.5 Å². The first kappa shape index (κ1) is 17.8. The van der Waals surface area contributed by atoms with Crippen molar-refractivity contribution in [1.82, 2.24) is 0 Å². The van der Waals surface area contributed by atoms with Gasteiger partial charge in [0, 0.05) is 0 Å². The first-order valence-electron chi connectivity index (χ1n) is 10.6. The van der Waals surface area contributed by atoms with Gasteiger partial charge < -0.3 is 9.47 Å². The molecule has 142 valence electrons. The van der Waals surface area contributed by atoms with E-state index < -0.39 is 0 Å². The number of carbonyl (C=O) groups excluding carboxylic acids is 1. The molecule has 0 spiro atoms. The second-order valence-electron chi connectivity index (χ2n) is 10.0. The molecule has 3 nitrogen and oxygen atoms in total. The molecule has 0 bridgehead atoms. The third kappa shape index (κ3) is 2.95. The maximum Gasteiger partial charge on any atom is 0.331 e. The van der Waals surface area contributed by atoms with Gasteiger partial charge in [-0.15, -0.1) is 0 Å². The van der Waals surface area contributed by atoms with E-state index in [-0.39, 0.29) is 18.7 Å². The monoisotopic (exact) mass is 348 g/mol. The summed E-state index contributed by atoms with van der Waals surface area (Å²) in [5.41, 5.74) is 1.17. The molecule has 3 heteroatoms. The van der Waals surface area contributed by atoms with Gasteiger partial charge in [-0.1, -0.05) is 20.3 Å². The number of ether oxygens (including phenoxy) is 2. The molecule has 0 radical (unpaired) electrons. The van der Waals surface area contributed by atoms with Crippen LogP contribution in [0.1, 0.15) is 78.1 Å². The van der Waals surface area contributed by atoms with Gasteiger partial charge in [-0.3, -0.25) is 0 Å². The van der Waals surface area contributed by atoms with Crippen molar-refractivity contribution in [3.63, 3.8) is 0 Å². The summed E-state index contributed by atoms with van der Waals surface area (Å²) < 4.78 is 10.6. The average Bonchev–Trinajstić information content (AvgIpc) is 3.01. The third-order valence-electron chi connectivity index (χ3n) is 9.06. The lowest BCUT2D eigenvalue weighted by atomic mass is 9.45. The average molecular weight is 349 g/mol. The van der Waals surface area contributed by atoms with E-state index in [4.69, 9.17) is 9.47 Å². The number of fused-ring (bicyclic) bond motifs is 5. The van der Waals surface area contributed by atoms with Crippen LogP contribution < -0.4 is 0 Å². The molecule has 25 heavy (non-hydrogen) atoms. The van der Waals surface area contributed by atoms with E-state index in [9.17, 15) is 4.79 Å². The smallest absolute Gasteiger partial charge is 0.331 e. The maximum atomic E-state index is 11.4. The summed E-state index contributed by atoms with van der Waals surface area (Å²) in [6, 6.07) is 0. The highest BCUT2D eigenvalue weighted by Crippen LogP contribution is 2.66. The predicted molar refractivity (Wildman–Crippen MR) is 98.1 cm³/mol. The number of rotatable bonds is 3. The van der Waals surface area contributed by atoms with Crippen LogP contribution in [0.2, 0.25) is 0 Å². The molecule has 4 aliphatic carbocycles. The molecule has 0 N–H and O–H groups in total. The summed E-state index contributed by atoms with van der Waals surface area (Å²) in [7, 11) is 1.44. The van der Waals surface area contributed by atoms with E-state index in [1.165, 1.54) is 58.5 Å². The minimum absolute atomic E-state index is 0.122. The van der Waals surface area contributed by atoms with Crippen molar-refractivity contribution < 1.29 is 14.3 Å². The van der Waals surface area contributed by atoms with Gasteiger partial charge in [-0.05, 0) is 92.3 Å². The fraction of sp³-hybridized carbons (Fsp3) is 0.955. The summed E-state index contributed by atoms with van der Waals surface area (Å²) in [6.45, 7) is 5.31. The third-order valence-corrected chi connectivity index (χ3v) is 9.06. The topological polar surface area (TPSA) is 35.5 Å². The highest BCUT2D eigenvalue weighted by atomic mass is 16.6. The molecule has 4 saturated carbocycles. The van der Waals surface area contributed by atoms with Crippen LogP contribution in [0.15, 0.2) is 0 Å². The highest BCUT2D eigenvalue weighted by Gasteiger charge is 2.57. The first-order chi connectivity index (χ1) is 12.0. The Labute approximate surface area is 153 Å². The lowest BCUT2D eigenvalue weighted by Crippen LogP contribution is -2.53. The zero-order chi connectivity index (χ0) is 17.7. The van der Waals surface area contributed by atoms with E-state index in [0.29, 0.717) is 10.8 Å². The number of hydrogen-bond donors (Lipinski definition) is 0. The Morgan fingerprint density at radius 2 is 1.84 bits per heavy atom. The second-order valence-corrected chi connectivity index (χ2v) is 10.0. The summed E-state index contributed by atoms with van der Waals surface area (Å²) in [4.78, 5) is 11.4. The van der Waals surface area contributed by atoms with Gasteiger partial charge >= 0.3 is 5.97 Å². The Hall–Kier alpha value is -0.570. The van der Waals surface area contributed by atoms with Gasteiger partial charge in [0.05, 0.1) is 13.2 Å². The van der Waals surface area contributed by atoms with Crippen LogP contribution >= 0.6 is 0 Å². The van der Waals surface area contributed by atoms with Gasteiger partial charge in [-0.25, -0.2) is 4.79 Å². The Morgan fingerprint density at radius 1 is 1.00 bits per heavy atom. The molecule has 0 saturated heterocycles. The van der Waals surface area contributed by atoms with Crippen molar-refractivity contribution in [2.24, 2.45) is 34.5 Å². The standard InChI is InChI=1S/C22H36O3/c1-21-10-4-5-18(21)17-7-6-15-13-16(25-14-20(23)24-3)8-12-22(15,2)19(17)9-11-21/h15-19H,4-14H2,1-3H3/t15-,16+,17-,18-,19-,21-,22-/m0/s1. The Kier molecular flexibility index (Phi) is 4.67. The molecule has 0 aromatic rings. The van der Waals surface area contributed by atoms with E-state index in [1.54, 1.807) is 0 Å². The van der Waals surface area contributed by atoms with Crippen LogP contribution in [0.3, 0.4) is 0 Å². The fourth-order valence-corrected chi connectivity index (χ4v) is 7.61. The molecule has 0 heterocycles. The van der Waals surface area contributed by atoms with Crippen molar-refractivity contribution in [3.05, 3.63) is 0 Å². The molecule has 0 aliphatic heterocycles. The maximum absolute atomic E-state index is 11.4.